The number of hydrogen-bond donors (Lipinski definition) is 4. The van der Waals surface area contributed by atoms with Crippen molar-refractivity contribution in [2.45, 2.75) is 32.2 Å². The van der Waals surface area contributed by atoms with Crippen molar-refractivity contribution in [3.05, 3.63) is 36.0 Å². The maximum atomic E-state index is 12.0. The topological polar surface area (TPSA) is 115 Å². The molecule has 1 amide bonds. The van der Waals surface area contributed by atoms with Crippen LogP contribution in [0, 0.1) is 0 Å². The highest BCUT2D eigenvalue weighted by Gasteiger charge is 2.28. The number of carbonyl (C=O) groups is 1. The third kappa shape index (κ3) is 6.22. The number of rotatable bonds is 8. The number of nitrogens with one attached hydrogen (secondary N) is 4. The first-order valence-corrected chi connectivity index (χ1v) is 11.9. The molecule has 1 aliphatic rings. The van der Waals surface area contributed by atoms with Gasteiger partial charge in [-0.05, 0) is 31.4 Å². The summed E-state index contributed by atoms with van der Waals surface area (Å²) in [6, 6.07) is 7.95. The average molecular weight is 420 g/mol. The van der Waals surface area contributed by atoms with Crippen molar-refractivity contribution in [1.29, 1.82) is 0 Å². The number of para-hydroxylation sites is 1. The second-order valence-corrected chi connectivity index (χ2v) is 9.44. The summed E-state index contributed by atoms with van der Waals surface area (Å²) in [6.07, 6.45) is 3.61. The number of H-pyrrole nitrogens is 1. The van der Waals surface area contributed by atoms with Crippen LogP contribution in [-0.2, 0) is 21.1 Å². The molecule has 1 saturated heterocycles. The molecule has 0 aliphatic carbocycles. The Morgan fingerprint density at radius 1 is 1.28 bits per heavy atom. The fourth-order valence-corrected chi connectivity index (χ4v) is 5.15. The van der Waals surface area contributed by atoms with Crippen LogP contribution in [0.15, 0.2) is 35.5 Å². The third-order valence-electron chi connectivity index (χ3n) is 4.91. The first kappa shape index (κ1) is 21.2. The van der Waals surface area contributed by atoms with Crippen molar-refractivity contribution in [2.75, 3.05) is 31.1 Å². The predicted octanol–water partition coefficient (Wildman–Crippen LogP) is 0.959. The van der Waals surface area contributed by atoms with Gasteiger partial charge < -0.3 is 20.9 Å². The lowest BCUT2D eigenvalue weighted by molar-refractivity contribution is -0.121. The zero-order valence-electron chi connectivity index (χ0n) is 16.7. The number of hydrogen-bond acceptors (Lipinski definition) is 4. The first-order chi connectivity index (χ1) is 14.0. The fourth-order valence-electron chi connectivity index (χ4n) is 3.47. The number of amides is 1. The van der Waals surface area contributed by atoms with Crippen molar-refractivity contribution >= 4 is 32.6 Å². The third-order valence-corrected chi connectivity index (χ3v) is 6.68. The highest BCUT2D eigenvalue weighted by molar-refractivity contribution is 7.91. The second-order valence-electron chi connectivity index (χ2n) is 7.21. The summed E-state index contributed by atoms with van der Waals surface area (Å²) in [7, 11) is -2.99. The number of guanidine groups is 1. The molecule has 2 heterocycles. The summed E-state index contributed by atoms with van der Waals surface area (Å²) >= 11 is 0. The van der Waals surface area contributed by atoms with Gasteiger partial charge in [0.1, 0.15) is 0 Å². The minimum absolute atomic E-state index is 0.0417. The van der Waals surface area contributed by atoms with Crippen LogP contribution in [0.3, 0.4) is 0 Å². The molecular weight excluding hydrogens is 390 g/mol. The molecule has 1 aromatic heterocycles. The summed E-state index contributed by atoms with van der Waals surface area (Å²) in [6.45, 7) is 3.78. The van der Waals surface area contributed by atoms with E-state index < -0.39 is 9.84 Å². The first-order valence-electron chi connectivity index (χ1n) is 10.0. The van der Waals surface area contributed by atoms with E-state index >= 15 is 0 Å². The Morgan fingerprint density at radius 2 is 2.10 bits per heavy atom. The van der Waals surface area contributed by atoms with Crippen molar-refractivity contribution in [3.63, 3.8) is 0 Å². The molecular formula is C20H29N5O3S. The maximum Gasteiger partial charge on any atom is 0.222 e. The van der Waals surface area contributed by atoms with E-state index in [1.54, 1.807) is 0 Å². The van der Waals surface area contributed by atoms with Crippen molar-refractivity contribution in [3.8, 4) is 0 Å². The van der Waals surface area contributed by atoms with Crippen LogP contribution in [0.25, 0.3) is 10.9 Å². The molecule has 4 N–H and O–H groups in total. The number of nitrogens with zero attached hydrogens (tertiary/aromatic N) is 1. The number of fused-ring (bicyclic) bond motifs is 1. The van der Waals surface area contributed by atoms with E-state index in [9.17, 15) is 13.2 Å². The van der Waals surface area contributed by atoms with Crippen LogP contribution in [0.4, 0.5) is 0 Å². The number of aromatic nitrogens is 1. The SMILES string of the molecule is CCNC(=NCCC(=O)NC1CCS(=O)(=O)C1)NCCc1c[nH]c2ccccc12. The van der Waals surface area contributed by atoms with E-state index in [1.807, 2.05) is 25.3 Å². The average Bonchev–Trinajstić information content (AvgIpc) is 3.24. The van der Waals surface area contributed by atoms with Gasteiger partial charge in [-0.1, -0.05) is 18.2 Å². The Morgan fingerprint density at radius 3 is 2.86 bits per heavy atom. The summed E-state index contributed by atoms with van der Waals surface area (Å²) in [5, 5.41) is 10.5. The number of benzene rings is 1. The van der Waals surface area contributed by atoms with E-state index in [1.165, 1.54) is 10.9 Å². The van der Waals surface area contributed by atoms with Crippen molar-refractivity contribution in [2.24, 2.45) is 4.99 Å². The Bertz CT molecular complexity index is 967. The van der Waals surface area contributed by atoms with Crippen LogP contribution in [-0.4, -0.2) is 62.5 Å². The molecule has 1 unspecified atom stereocenters. The Labute approximate surface area is 171 Å². The molecule has 1 atom stereocenters. The minimum Gasteiger partial charge on any atom is -0.361 e. The van der Waals surface area contributed by atoms with Crippen LogP contribution < -0.4 is 16.0 Å². The van der Waals surface area contributed by atoms with E-state index in [0.717, 1.165) is 25.0 Å². The summed E-state index contributed by atoms with van der Waals surface area (Å²) in [5.41, 5.74) is 2.37. The van der Waals surface area contributed by atoms with E-state index in [-0.39, 0.29) is 29.9 Å². The highest BCUT2D eigenvalue weighted by Crippen LogP contribution is 2.17. The standard InChI is InChI=1S/C20H29N5O3S/c1-2-21-20(22-10-7-15-13-24-18-6-4-3-5-17(15)18)23-11-8-19(26)25-16-9-12-29(27,28)14-16/h3-6,13,16,24H,2,7-12,14H2,1H3,(H,25,26)(H2,21,22,23). The maximum absolute atomic E-state index is 12.0. The predicted molar refractivity (Wildman–Crippen MR) is 116 cm³/mol. The van der Waals surface area contributed by atoms with Gasteiger partial charge in [-0.25, -0.2) is 8.42 Å². The number of aliphatic imine (C=N–C) groups is 1. The molecule has 1 fully saturated rings. The molecule has 0 spiro atoms. The van der Waals surface area contributed by atoms with Crippen LogP contribution in [0.1, 0.15) is 25.3 Å². The van der Waals surface area contributed by atoms with E-state index in [4.69, 9.17) is 0 Å². The quantitative estimate of drug-likeness (QED) is 0.376. The molecule has 158 valence electrons. The minimum atomic E-state index is -2.99. The molecule has 8 nitrogen and oxygen atoms in total. The monoisotopic (exact) mass is 419 g/mol. The molecule has 29 heavy (non-hydrogen) atoms. The van der Waals surface area contributed by atoms with Gasteiger partial charge in [0.15, 0.2) is 15.8 Å². The normalized spacial score (nSPS) is 18.7. The Hall–Kier alpha value is -2.55. The van der Waals surface area contributed by atoms with Gasteiger partial charge in [-0.2, -0.15) is 0 Å². The summed E-state index contributed by atoms with van der Waals surface area (Å²) in [5.74, 6) is 0.704. The Balaban J connectivity index is 1.43. The fraction of sp³-hybridized carbons (Fsp3) is 0.500. The second kappa shape index (κ2) is 9.78. The van der Waals surface area contributed by atoms with Crippen LogP contribution >= 0.6 is 0 Å². The Kier molecular flexibility index (Phi) is 7.13. The van der Waals surface area contributed by atoms with Crippen LogP contribution in [0.2, 0.25) is 0 Å². The highest BCUT2D eigenvalue weighted by atomic mass is 32.2. The van der Waals surface area contributed by atoms with Crippen molar-refractivity contribution < 1.29 is 13.2 Å². The smallest absolute Gasteiger partial charge is 0.222 e. The van der Waals surface area contributed by atoms with Crippen molar-refractivity contribution in [1.82, 2.24) is 20.9 Å². The van der Waals surface area contributed by atoms with Gasteiger partial charge in [0.05, 0.1) is 18.1 Å². The lowest BCUT2D eigenvalue weighted by Crippen LogP contribution is -2.39. The zero-order valence-corrected chi connectivity index (χ0v) is 17.5. The number of aromatic amines is 1. The molecule has 1 aliphatic heterocycles. The molecule has 0 bridgehead atoms. The molecule has 1 aromatic carbocycles. The van der Waals surface area contributed by atoms with Gasteiger partial charge in [-0.3, -0.25) is 9.79 Å². The molecule has 0 radical (unpaired) electrons. The largest absolute Gasteiger partial charge is 0.361 e. The van der Waals surface area contributed by atoms with Gasteiger partial charge in [0.25, 0.3) is 0 Å². The van der Waals surface area contributed by atoms with Gasteiger partial charge in [0, 0.05) is 42.7 Å². The van der Waals surface area contributed by atoms with Gasteiger partial charge in [0.2, 0.25) is 5.91 Å². The number of sulfone groups is 1. The summed E-state index contributed by atoms with van der Waals surface area (Å²) < 4.78 is 22.9. The number of carbonyl (C=O) groups excluding carboxylic acids is 1. The lowest BCUT2D eigenvalue weighted by Gasteiger charge is -2.12. The van der Waals surface area contributed by atoms with Crippen LogP contribution in [0.5, 0.6) is 0 Å². The van der Waals surface area contributed by atoms with E-state index in [0.29, 0.717) is 18.9 Å². The zero-order chi connectivity index (χ0) is 20.7. The lowest BCUT2D eigenvalue weighted by atomic mass is 10.1. The van der Waals surface area contributed by atoms with E-state index in [2.05, 4.69) is 38.1 Å². The molecule has 0 saturated carbocycles. The summed E-state index contributed by atoms with van der Waals surface area (Å²) in [4.78, 5) is 19.7. The van der Waals surface area contributed by atoms with Gasteiger partial charge >= 0.3 is 0 Å². The van der Waals surface area contributed by atoms with Gasteiger partial charge in [-0.15, -0.1) is 0 Å². The molecule has 2 aromatic rings. The molecule has 3 rings (SSSR count). The molecule has 9 heteroatoms.